The van der Waals surface area contributed by atoms with Gasteiger partial charge >= 0.3 is 0 Å². The van der Waals surface area contributed by atoms with E-state index in [0.29, 0.717) is 5.95 Å². The Morgan fingerprint density at radius 3 is 2.36 bits per heavy atom. The molecule has 9 nitrogen and oxygen atoms in total. The maximum atomic E-state index is 12.3. The topological polar surface area (TPSA) is 122 Å². The van der Waals surface area contributed by atoms with Crippen LogP contribution in [0.5, 0.6) is 0 Å². The highest BCUT2D eigenvalue weighted by molar-refractivity contribution is 5.96. The van der Waals surface area contributed by atoms with E-state index in [0.717, 1.165) is 42.8 Å². The lowest BCUT2D eigenvalue weighted by molar-refractivity contribution is 0.0922. The Balaban J connectivity index is 1.56. The first-order valence-electron chi connectivity index (χ1n) is 9.51. The monoisotopic (exact) mass is 384 g/mol. The van der Waals surface area contributed by atoms with Crippen LogP contribution in [-0.4, -0.2) is 52.0 Å². The minimum atomic E-state index is -0.268. The molecule has 0 bridgehead atoms. The molecule has 4 N–H and O–H groups in total. The van der Waals surface area contributed by atoms with Gasteiger partial charge in [0.25, 0.3) is 5.91 Å². The number of hydrogen-bond acceptors (Lipinski definition) is 8. The molecule has 1 fully saturated rings. The van der Waals surface area contributed by atoms with E-state index in [-0.39, 0.29) is 29.5 Å². The molecule has 0 aliphatic heterocycles. The average Bonchev–Trinajstić information content (AvgIpc) is 2.66. The Morgan fingerprint density at radius 2 is 1.71 bits per heavy atom. The van der Waals surface area contributed by atoms with Crippen LogP contribution in [0.2, 0.25) is 0 Å². The highest BCUT2D eigenvalue weighted by atomic mass is 16.2. The number of nitrogens with zero attached hydrogens (tertiary/aromatic N) is 5. The maximum absolute atomic E-state index is 12.3. The van der Waals surface area contributed by atoms with E-state index >= 15 is 0 Å². The van der Waals surface area contributed by atoms with Gasteiger partial charge in [-0.1, -0.05) is 0 Å². The van der Waals surface area contributed by atoms with Gasteiger partial charge in [0.05, 0.1) is 0 Å². The van der Waals surface area contributed by atoms with Crippen molar-refractivity contribution >= 4 is 23.5 Å². The van der Waals surface area contributed by atoms with Crippen LogP contribution in [0.15, 0.2) is 12.4 Å². The van der Waals surface area contributed by atoms with E-state index in [9.17, 15) is 4.79 Å². The summed E-state index contributed by atoms with van der Waals surface area (Å²) in [6.45, 7) is 4.03. The van der Waals surface area contributed by atoms with Crippen molar-refractivity contribution < 1.29 is 4.79 Å². The lowest BCUT2D eigenvalue weighted by atomic mass is 9.91. The largest absolute Gasteiger partial charge is 0.382 e. The fourth-order valence-corrected chi connectivity index (χ4v) is 3.46. The first kappa shape index (κ1) is 19.8. The molecule has 3 rings (SSSR count). The van der Waals surface area contributed by atoms with Crippen LogP contribution >= 0.6 is 0 Å². The van der Waals surface area contributed by atoms with Gasteiger partial charge in [-0.25, -0.2) is 15.0 Å². The number of nitrogen functional groups attached to an aromatic ring is 1. The van der Waals surface area contributed by atoms with Crippen molar-refractivity contribution in [3.05, 3.63) is 29.3 Å². The Hall–Kier alpha value is -2.97. The third-order valence-electron chi connectivity index (χ3n) is 5.12. The zero-order valence-electron chi connectivity index (χ0n) is 16.9. The van der Waals surface area contributed by atoms with Crippen molar-refractivity contribution in [3.63, 3.8) is 0 Å². The first-order chi connectivity index (χ1) is 13.3. The van der Waals surface area contributed by atoms with Crippen LogP contribution in [0, 0.1) is 13.8 Å². The standard InChI is InChI=1S/C19H28N8O/c1-11-12(2)23-19(26-17(11)27(3)4)25-14-7-5-13(6-8-14)24-18(28)15-16(20)22-10-9-21-15/h9-10,13-14H,5-8H2,1-4H3,(H2,20,22)(H,24,28)(H,23,25,26). The molecule has 0 unspecified atom stereocenters. The molecule has 2 aromatic rings. The van der Waals surface area contributed by atoms with E-state index in [4.69, 9.17) is 5.73 Å². The molecule has 0 spiro atoms. The van der Waals surface area contributed by atoms with E-state index in [1.165, 1.54) is 12.4 Å². The van der Waals surface area contributed by atoms with Gasteiger partial charge in [-0.3, -0.25) is 4.79 Å². The zero-order valence-corrected chi connectivity index (χ0v) is 16.9. The van der Waals surface area contributed by atoms with Gasteiger partial charge < -0.3 is 21.3 Å². The highest BCUT2D eigenvalue weighted by Crippen LogP contribution is 2.24. The molecule has 2 heterocycles. The van der Waals surface area contributed by atoms with E-state index in [1.807, 2.05) is 32.8 Å². The fourth-order valence-electron chi connectivity index (χ4n) is 3.46. The Bertz CT molecular complexity index is 846. The van der Waals surface area contributed by atoms with Crippen LogP contribution in [0.1, 0.15) is 47.4 Å². The number of carbonyl (C=O) groups excluding carboxylic acids is 1. The van der Waals surface area contributed by atoms with Crippen LogP contribution < -0.4 is 21.3 Å². The third-order valence-corrected chi connectivity index (χ3v) is 5.12. The summed E-state index contributed by atoms with van der Waals surface area (Å²) >= 11 is 0. The first-order valence-corrected chi connectivity index (χ1v) is 9.51. The molecule has 0 atom stereocenters. The predicted octanol–water partition coefficient (Wildman–Crippen LogP) is 1.68. The van der Waals surface area contributed by atoms with Gasteiger partial charge in [0, 0.05) is 49.8 Å². The smallest absolute Gasteiger partial charge is 0.273 e. The summed E-state index contributed by atoms with van der Waals surface area (Å²) in [5.41, 5.74) is 7.98. The summed E-state index contributed by atoms with van der Waals surface area (Å²) < 4.78 is 0. The second-order valence-corrected chi connectivity index (χ2v) is 7.43. The molecular formula is C19H28N8O. The molecule has 28 heavy (non-hydrogen) atoms. The summed E-state index contributed by atoms with van der Waals surface area (Å²) in [5.74, 6) is 1.47. The second kappa shape index (κ2) is 8.37. The summed E-state index contributed by atoms with van der Waals surface area (Å²) in [5, 5.41) is 6.47. The van der Waals surface area contributed by atoms with Gasteiger partial charge in [0.15, 0.2) is 11.5 Å². The lowest BCUT2D eigenvalue weighted by Gasteiger charge is -2.30. The Morgan fingerprint density at radius 1 is 1.07 bits per heavy atom. The fraction of sp³-hybridized carbons (Fsp3) is 0.526. The second-order valence-electron chi connectivity index (χ2n) is 7.43. The van der Waals surface area contributed by atoms with Crippen molar-refractivity contribution in [2.75, 3.05) is 30.0 Å². The molecule has 1 amide bonds. The number of anilines is 3. The van der Waals surface area contributed by atoms with Crippen LogP contribution in [0.25, 0.3) is 0 Å². The van der Waals surface area contributed by atoms with Crippen molar-refractivity contribution in [2.24, 2.45) is 0 Å². The van der Waals surface area contributed by atoms with Crippen molar-refractivity contribution in [1.29, 1.82) is 0 Å². The van der Waals surface area contributed by atoms with Gasteiger partial charge in [-0.2, -0.15) is 4.98 Å². The number of rotatable bonds is 5. The van der Waals surface area contributed by atoms with Crippen LogP contribution in [0.3, 0.4) is 0 Å². The SMILES string of the molecule is Cc1nc(NC2CCC(NC(=O)c3nccnc3N)CC2)nc(N(C)C)c1C. The minimum absolute atomic E-state index is 0.102. The summed E-state index contributed by atoms with van der Waals surface area (Å²) in [6.07, 6.45) is 6.53. The number of carbonyl (C=O) groups is 1. The van der Waals surface area contributed by atoms with Gasteiger partial charge in [0.1, 0.15) is 5.82 Å². The summed E-state index contributed by atoms with van der Waals surface area (Å²) in [6, 6.07) is 0.386. The van der Waals surface area contributed by atoms with Crippen molar-refractivity contribution in [2.45, 2.75) is 51.6 Å². The van der Waals surface area contributed by atoms with Gasteiger partial charge in [-0.15, -0.1) is 0 Å². The van der Waals surface area contributed by atoms with Crippen molar-refractivity contribution in [1.82, 2.24) is 25.3 Å². The number of hydrogen-bond donors (Lipinski definition) is 3. The van der Waals surface area contributed by atoms with E-state index in [2.05, 4.69) is 30.6 Å². The zero-order chi connectivity index (χ0) is 20.3. The molecule has 0 saturated heterocycles. The predicted molar refractivity (Wildman–Crippen MR) is 109 cm³/mol. The van der Waals surface area contributed by atoms with E-state index in [1.54, 1.807) is 0 Å². The number of amides is 1. The number of nitrogens with two attached hydrogens (primary N) is 1. The molecule has 2 aromatic heterocycles. The molecule has 0 aromatic carbocycles. The molecule has 1 saturated carbocycles. The average molecular weight is 384 g/mol. The van der Waals surface area contributed by atoms with E-state index < -0.39 is 0 Å². The molecule has 0 radical (unpaired) electrons. The molecular weight excluding hydrogens is 356 g/mol. The van der Waals surface area contributed by atoms with Crippen LogP contribution in [-0.2, 0) is 0 Å². The van der Waals surface area contributed by atoms with Crippen LogP contribution in [0.4, 0.5) is 17.6 Å². The quantitative estimate of drug-likeness (QED) is 0.712. The minimum Gasteiger partial charge on any atom is -0.382 e. The highest BCUT2D eigenvalue weighted by Gasteiger charge is 2.25. The summed E-state index contributed by atoms with van der Waals surface area (Å²) in [7, 11) is 3.96. The van der Waals surface area contributed by atoms with Gasteiger partial charge in [0.2, 0.25) is 5.95 Å². The normalized spacial score (nSPS) is 19.1. The molecule has 1 aliphatic carbocycles. The lowest BCUT2D eigenvalue weighted by Crippen LogP contribution is -2.40. The third kappa shape index (κ3) is 4.47. The molecule has 9 heteroatoms. The van der Waals surface area contributed by atoms with Gasteiger partial charge in [-0.05, 0) is 39.5 Å². The molecule has 150 valence electrons. The summed E-state index contributed by atoms with van der Waals surface area (Å²) in [4.78, 5) is 31.5. The number of nitrogens with one attached hydrogen (secondary N) is 2. The number of aryl methyl sites for hydroxylation is 1. The molecule has 1 aliphatic rings. The van der Waals surface area contributed by atoms with Crippen molar-refractivity contribution in [3.8, 4) is 0 Å². The Labute approximate surface area is 165 Å². The maximum Gasteiger partial charge on any atom is 0.273 e. The number of aromatic nitrogens is 4. The Kier molecular flexibility index (Phi) is 5.91.